The van der Waals surface area contributed by atoms with E-state index in [4.69, 9.17) is 4.74 Å². The number of rotatable bonds is 1. The summed E-state index contributed by atoms with van der Waals surface area (Å²) in [5, 5.41) is 11.6. The number of methoxy groups -OCH3 is 1. The Hall–Kier alpha value is -0.120. The molecular formula is C10H17NO2. The van der Waals surface area contributed by atoms with Crippen molar-refractivity contribution in [2.75, 3.05) is 7.11 Å². The first-order chi connectivity index (χ1) is 6.26. The molecule has 0 amide bonds. The van der Waals surface area contributed by atoms with Crippen LogP contribution in [0.3, 0.4) is 0 Å². The van der Waals surface area contributed by atoms with E-state index >= 15 is 0 Å². The number of fused-ring (bicyclic) bond motifs is 1. The zero-order chi connectivity index (χ0) is 9.05. The van der Waals surface area contributed by atoms with Crippen LogP contribution in [0, 0.1) is 5.92 Å². The van der Waals surface area contributed by atoms with Crippen molar-refractivity contribution in [3.8, 4) is 0 Å². The minimum atomic E-state index is 0.141. The molecular weight excluding hydrogens is 166 g/mol. The second kappa shape index (κ2) is 2.47. The molecule has 1 spiro atoms. The molecule has 2 aliphatic heterocycles. The molecule has 0 aromatic carbocycles. The largest absolute Gasteiger partial charge is 0.381 e. The molecule has 0 aromatic rings. The number of hydroxylamine groups is 2. The SMILES string of the molecule is CO[C@@H]1C[C@@H]2CCC3CC3(C1)N2O. The molecule has 74 valence electrons. The third kappa shape index (κ3) is 0.953. The summed E-state index contributed by atoms with van der Waals surface area (Å²) in [5.74, 6) is 0.756. The molecule has 0 aromatic heterocycles. The molecule has 1 aliphatic carbocycles. The molecule has 13 heavy (non-hydrogen) atoms. The van der Waals surface area contributed by atoms with Gasteiger partial charge >= 0.3 is 0 Å². The van der Waals surface area contributed by atoms with E-state index in [1.807, 2.05) is 0 Å². The van der Waals surface area contributed by atoms with E-state index in [0.717, 1.165) is 25.2 Å². The minimum absolute atomic E-state index is 0.141. The Balaban J connectivity index is 1.85. The lowest BCUT2D eigenvalue weighted by Crippen LogP contribution is -2.54. The smallest absolute Gasteiger partial charge is 0.0605 e. The van der Waals surface area contributed by atoms with Crippen LogP contribution in [0.15, 0.2) is 0 Å². The van der Waals surface area contributed by atoms with E-state index in [9.17, 15) is 5.21 Å². The van der Waals surface area contributed by atoms with Crippen molar-refractivity contribution in [1.82, 2.24) is 5.06 Å². The predicted molar refractivity (Wildman–Crippen MR) is 47.5 cm³/mol. The Morgan fingerprint density at radius 1 is 1.38 bits per heavy atom. The highest BCUT2D eigenvalue weighted by molar-refractivity contribution is 5.16. The van der Waals surface area contributed by atoms with Gasteiger partial charge in [-0.3, -0.25) is 0 Å². The lowest BCUT2D eigenvalue weighted by Gasteiger charge is -2.45. The second-order valence-electron chi connectivity index (χ2n) is 4.88. The van der Waals surface area contributed by atoms with Crippen molar-refractivity contribution in [1.29, 1.82) is 0 Å². The average molecular weight is 183 g/mol. The fourth-order valence-electron chi connectivity index (χ4n) is 3.42. The summed E-state index contributed by atoms with van der Waals surface area (Å²) in [4.78, 5) is 0. The topological polar surface area (TPSA) is 32.7 Å². The molecule has 4 atom stereocenters. The fraction of sp³-hybridized carbons (Fsp3) is 1.00. The van der Waals surface area contributed by atoms with Crippen molar-refractivity contribution in [2.24, 2.45) is 5.92 Å². The Kier molecular flexibility index (Phi) is 1.56. The van der Waals surface area contributed by atoms with Crippen LogP contribution in [0.1, 0.15) is 32.1 Å². The van der Waals surface area contributed by atoms with Gasteiger partial charge in [-0.25, -0.2) is 0 Å². The molecule has 3 rings (SSSR count). The van der Waals surface area contributed by atoms with E-state index in [-0.39, 0.29) is 5.54 Å². The van der Waals surface area contributed by atoms with Gasteiger partial charge in [0.2, 0.25) is 0 Å². The van der Waals surface area contributed by atoms with E-state index < -0.39 is 0 Å². The normalized spacial score (nSPS) is 54.5. The van der Waals surface area contributed by atoms with Crippen LogP contribution in [-0.2, 0) is 4.74 Å². The standard InChI is InChI=1S/C10H17NO2/c1-13-9-4-8-3-2-7-5-10(7,6-9)11(8)12/h7-9,12H,2-6H2,1H3/t7?,8-,9+,10?/m0/s1. The first-order valence-corrected chi connectivity index (χ1v) is 5.27. The summed E-state index contributed by atoms with van der Waals surface area (Å²) in [7, 11) is 1.79. The van der Waals surface area contributed by atoms with Crippen LogP contribution in [0.5, 0.6) is 0 Å². The third-order valence-corrected chi connectivity index (χ3v) is 4.30. The lowest BCUT2D eigenvalue weighted by atomic mass is 9.84. The number of ether oxygens (including phenoxy) is 1. The first kappa shape index (κ1) is 8.21. The molecule has 3 heteroatoms. The third-order valence-electron chi connectivity index (χ3n) is 4.30. The van der Waals surface area contributed by atoms with Crippen molar-refractivity contribution in [3.63, 3.8) is 0 Å². The Bertz CT molecular complexity index is 233. The van der Waals surface area contributed by atoms with Gasteiger partial charge in [0, 0.05) is 13.2 Å². The van der Waals surface area contributed by atoms with Gasteiger partial charge in [-0.15, -0.1) is 0 Å². The van der Waals surface area contributed by atoms with Gasteiger partial charge in [0.25, 0.3) is 0 Å². The molecule has 3 nitrogen and oxygen atoms in total. The molecule has 2 saturated heterocycles. The highest BCUT2D eigenvalue weighted by Gasteiger charge is 2.64. The highest BCUT2D eigenvalue weighted by atomic mass is 16.5. The van der Waals surface area contributed by atoms with Crippen molar-refractivity contribution in [3.05, 3.63) is 0 Å². The maximum absolute atomic E-state index is 9.98. The Morgan fingerprint density at radius 3 is 3.00 bits per heavy atom. The summed E-state index contributed by atoms with van der Waals surface area (Å²) in [5.41, 5.74) is 0.141. The summed E-state index contributed by atoms with van der Waals surface area (Å²) in [6, 6.07) is 0.373. The number of piperidine rings is 2. The van der Waals surface area contributed by atoms with Crippen LogP contribution in [-0.4, -0.2) is 35.1 Å². The van der Waals surface area contributed by atoms with Crippen LogP contribution in [0.4, 0.5) is 0 Å². The molecule has 1 N–H and O–H groups in total. The van der Waals surface area contributed by atoms with Gasteiger partial charge in [-0.1, -0.05) is 0 Å². The van der Waals surface area contributed by atoms with Crippen molar-refractivity contribution >= 4 is 0 Å². The zero-order valence-electron chi connectivity index (χ0n) is 8.07. The summed E-state index contributed by atoms with van der Waals surface area (Å²) in [6.45, 7) is 0. The van der Waals surface area contributed by atoms with Gasteiger partial charge in [0.05, 0.1) is 11.6 Å². The number of hydrogen-bond acceptors (Lipinski definition) is 3. The Labute approximate surface area is 78.6 Å². The summed E-state index contributed by atoms with van der Waals surface area (Å²) in [6.07, 6.45) is 6.11. The van der Waals surface area contributed by atoms with Crippen LogP contribution in [0.25, 0.3) is 0 Å². The number of hydrogen-bond donors (Lipinski definition) is 1. The lowest BCUT2D eigenvalue weighted by molar-refractivity contribution is -0.224. The molecule has 2 bridgehead atoms. The van der Waals surface area contributed by atoms with Crippen LogP contribution < -0.4 is 0 Å². The highest BCUT2D eigenvalue weighted by Crippen LogP contribution is 2.60. The van der Waals surface area contributed by atoms with Gasteiger partial charge < -0.3 is 9.94 Å². The fourth-order valence-corrected chi connectivity index (χ4v) is 3.42. The van der Waals surface area contributed by atoms with Crippen molar-refractivity contribution < 1.29 is 9.94 Å². The first-order valence-electron chi connectivity index (χ1n) is 5.27. The van der Waals surface area contributed by atoms with Crippen LogP contribution >= 0.6 is 0 Å². The number of nitrogens with zero attached hydrogens (tertiary/aromatic N) is 1. The van der Waals surface area contributed by atoms with Gasteiger partial charge in [-0.05, 0) is 38.0 Å². The molecule has 3 fully saturated rings. The van der Waals surface area contributed by atoms with E-state index in [1.54, 1.807) is 12.2 Å². The molecule has 2 heterocycles. The van der Waals surface area contributed by atoms with Gasteiger partial charge in [-0.2, -0.15) is 5.06 Å². The average Bonchev–Trinajstić information content (AvgIpc) is 2.79. The van der Waals surface area contributed by atoms with E-state index in [2.05, 4.69) is 0 Å². The maximum Gasteiger partial charge on any atom is 0.0605 e. The zero-order valence-corrected chi connectivity index (χ0v) is 8.07. The van der Waals surface area contributed by atoms with Gasteiger partial charge in [0.1, 0.15) is 0 Å². The van der Waals surface area contributed by atoms with Gasteiger partial charge in [0.15, 0.2) is 0 Å². The summed E-state index contributed by atoms with van der Waals surface area (Å²) < 4.78 is 5.43. The predicted octanol–water partition coefficient (Wildman–Crippen LogP) is 1.41. The minimum Gasteiger partial charge on any atom is -0.381 e. The van der Waals surface area contributed by atoms with E-state index in [1.165, 1.54) is 12.8 Å². The second-order valence-corrected chi connectivity index (χ2v) is 4.88. The van der Waals surface area contributed by atoms with Crippen LogP contribution in [0.2, 0.25) is 0 Å². The monoisotopic (exact) mass is 183 g/mol. The maximum atomic E-state index is 9.98. The van der Waals surface area contributed by atoms with E-state index in [0.29, 0.717) is 12.1 Å². The Morgan fingerprint density at radius 2 is 2.23 bits per heavy atom. The molecule has 2 unspecified atom stereocenters. The molecule has 1 saturated carbocycles. The molecule has 0 radical (unpaired) electrons. The quantitative estimate of drug-likeness (QED) is 0.667. The molecule has 3 aliphatic rings. The van der Waals surface area contributed by atoms with Crippen molar-refractivity contribution in [2.45, 2.75) is 49.8 Å². The summed E-state index contributed by atoms with van der Waals surface area (Å²) >= 11 is 0.